The van der Waals surface area contributed by atoms with Crippen molar-refractivity contribution in [3.8, 4) is 11.5 Å². The minimum absolute atomic E-state index is 0.00419. The van der Waals surface area contributed by atoms with Crippen LogP contribution in [0.5, 0.6) is 11.5 Å². The number of carbonyl (C=O) groups is 2. The SMILES string of the molecule is Cc1cc(Cl)nc(NC(=O)Nc2ccc(OC(F)(F)F)cc2)n1.Cc1cc(NCCCN(C)C)nc(NC(=O)Nc2ccc(OC(F)(F)F)cc2)n1. The number of benzene rings is 2. The summed E-state index contributed by atoms with van der Waals surface area (Å²) in [5, 5.41) is 13.1. The summed E-state index contributed by atoms with van der Waals surface area (Å²) in [6.45, 7) is 5.09. The Bertz CT molecular complexity index is 1760. The minimum Gasteiger partial charge on any atom is -0.406 e. The lowest BCUT2D eigenvalue weighted by molar-refractivity contribution is -0.275. The molecule has 0 spiro atoms. The number of nitrogens with zero attached hydrogens (tertiary/aromatic N) is 5. The molecule has 5 N–H and O–H groups in total. The molecule has 4 amide bonds. The maximum atomic E-state index is 12.2. The molecule has 4 rings (SSSR count). The number of halogens is 7. The van der Waals surface area contributed by atoms with Crippen LogP contribution in [-0.2, 0) is 0 Å². The predicted molar refractivity (Wildman–Crippen MR) is 182 cm³/mol. The van der Waals surface area contributed by atoms with Gasteiger partial charge >= 0.3 is 24.8 Å². The number of aromatic nitrogens is 4. The molecule has 0 saturated heterocycles. The van der Waals surface area contributed by atoms with E-state index in [0.717, 1.165) is 37.2 Å². The van der Waals surface area contributed by atoms with Crippen LogP contribution in [0.2, 0.25) is 5.15 Å². The highest BCUT2D eigenvalue weighted by atomic mass is 35.5. The number of carbonyl (C=O) groups excluding carboxylic acids is 2. The van der Waals surface area contributed by atoms with Gasteiger partial charge in [-0.1, -0.05) is 11.6 Å². The van der Waals surface area contributed by atoms with Crippen LogP contribution in [0.1, 0.15) is 17.8 Å². The van der Waals surface area contributed by atoms with Crippen molar-refractivity contribution in [3.63, 3.8) is 0 Å². The van der Waals surface area contributed by atoms with Gasteiger partial charge in [-0.25, -0.2) is 24.5 Å². The third kappa shape index (κ3) is 16.4. The van der Waals surface area contributed by atoms with Gasteiger partial charge in [0.1, 0.15) is 22.5 Å². The summed E-state index contributed by atoms with van der Waals surface area (Å²) in [5.41, 5.74) is 1.77. The first-order valence-corrected chi connectivity index (χ1v) is 15.3. The average Bonchev–Trinajstić information content (AvgIpc) is 2.99. The number of urea groups is 2. The lowest BCUT2D eigenvalue weighted by Crippen LogP contribution is -2.22. The van der Waals surface area contributed by atoms with Crippen LogP contribution in [-0.4, -0.2) is 76.8 Å². The highest BCUT2D eigenvalue weighted by Gasteiger charge is 2.31. The van der Waals surface area contributed by atoms with Crippen molar-refractivity contribution in [3.05, 3.63) is 77.2 Å². The largest absolute Gasteiger partial charge is 0.573 e. The number of alkyl halides is 6. The fraction of sp³-hybridized carbons (Fsp3) is 0.290. The molecule has 0 radical (unpaired) electrons. The van der Waals surface area contributed by atoms with E-state index in [9.17, 15) is 35.9 Å². The van der Waals surface area contributed by atoms with Gasteiger partial charge in [0.15, 0.2) is 0 Å². The van der Waals surface area contributed by atoms with E-state index in [4.69, 9.17) is 11.6 Å². The average molecular weight is 759 g/mol. The quantitative estimate of drug-likeness (QED) is 0.0582. The number of amides is 4. The van der Waals surface area contributed by atoms with Crippen molar-refractivity contribution in [2.24, 2.45) is 0 Å². The summed E-state index contributed by atoms with van der Waals surface area (Å²) in [6.07, 6.45) is -8.62. The highest BCUT2D eigenvalue weighted by molar-refractivity contribution is 6.29. The molecule has 2 heterocycles. The maximum absolute atomic E-state index is 12.2. The molecule has 0 bridgehead atoms. The lowest BCUT2D eigenvalue weighted by atomic mass is 10.3. The van der Waals surface area contributed by atoms with Gasteiger partial charge in [-0.2, -0.15) is 4.98 Å². The summed E-state index contributed by atoms with van der Waals surface area (Å²) in [5.74, 6) is -0.0768. The highest BCUT2D eigenvalue weighted by Crippen LogP contribution is 2.25. The standard InChI is InChI=1S/C18H23F3N6O2.C13H10ClF3N4O2/c1-12-11-15(22-9-4-10-27(2)3)25-16(23-12)26-17(28)24-13-5-7-14(8-6-13)29-18(19,20)21;1-7-6-10(14)20-11(18-7)21-12(22)19-8-2-4-9(5-3-8)23-13(15,16)17/h5-8,11H,4,9-10H2,1-3H3,(H3,22,23,24,25,26,28);2-6H,1H3,(H2,18,19,20,21,22). The van der Waals surface area contributed by atoms with Crippen molar-refractivity contribution in [1.82, 2.24) is 24.8 Å². The third-order valence-electron chi connectivity index (χ3n) is 5.91. The number of hydrogen-bond acceptors (Lipinski definition) is 10. The van der Waals surface area contributed by atoms with Crippen molar-refractivity contribution in [2.45, 2.75) is 33.0 Å². The van der Waals surface area contributed by atoms with Crippen LogP contribution >= 0.6 is 11.6 Å². The van der Waals surface area contributed by atoms with Gasteiger partial charge in [0.2, 0.25) is 11.9 Å². The molecule has 21 heteroatoms. The van der Waals surface area contributed by atoms with E-state index in [1.165, 1.54) is 30.3 Å². The Labute approximate surface area is 298 Å². The van der Waals surface area contributed by atoms with Crippen molar-refractivity contribution in [2.75, 3.05) is 53.8 Å². The Balaban J connectivity index is 0.000000288. The molecule has 52 heavy (non-hydrogen) atoms. The van der Waals surface area contributed by atoms with Crippen molar-refractivity contribution in [1.29, 1.82) is 0 Å². The summed E-state index contributed by atoms with van der Waals surface area (Å²) in [6, 6.07) is 11.4. The fourth-order valence-electron chi connectivity index (χ4n) is 3.92. The van der Waals surface area contributed by atoms with Gasteiger partial charge in [-0.3, -0.25) is 10.6 Å². The molecule has 0 saturated carbocycles. The molecule has 0 atom stereocenters. The predicted octanol–water partition coefficient (Wildman–Crippen LogP) is 7.67. The van der Waals surface area contributed by atoms with Crippen LogP contribution in [0.15, 0.2) is 60.7 Å². The zero-order valence-electron chi connectivity index (χ0n) is 27.9. The Morgan fingerprint density at radius 3 is 1.56 bits per heavy atom. The molecule has 4 aromatic rings. The first kappa shape index (κ1) is 40.8. The molecule has 0 unspecified atom stereocenters. The molecule has 14 nitrogen and oxygen atoms in total. The second-order valence-electron chi connectivity index (χ2n) is 10.8. The molecule has 0 aliphatic carbocycles. The van der Waals surface area contributed by atoms with Crippen LogP contribution in [0.3, 0.4) is 0 Å². The van der Waals surface area contributed by atoms with Crippen LogP contribution in [0.4, 0.5) is 65.0 Å². The van der Waals surface area contributed by atoms with Crippen LogP contribution in [0.25, 0.3) is 0 Å². The third-order valence-corrected chi connectivity index (χ3v) is 6.10. The zero-order valence-corrected chi connectivity index (χ0v) is 28.7. The number of aryl methyl sites for hydroxylation is 2. The molecule has 2 aromatic heterocycles. The van der Waals surface area contributed by atoms with E-state index < -0.39 is 30.5 Å². The Morgan fingerprint density at radius 2 is 1.13 bits per heavy atom. The second-order valence-corrected chi connectivity index (χ2v) is 11.1. The zero-order chi connectivity index (χ0) is 38.5. The van der Waals surface area contributed by atoms with Crippen molar-refractivity contribution >= 4 is 52.8 Å². The molecular weight excluding hydrogens is 726 g/mol. The molecular formula is C31H33ClF6N10O4. The van der Waals surface area contributed by atoms with E-state index in [1.54, 1.807) is 19.9 Å². The number of nitrogens with one attached hydrogen (secondary N) is 5. The van der Waals surface area contributed by atoms with Crippen molar-refractivity contribution < 1.29 is 45.4 Å². The van der Waals surface area contributed by atoms with E-state index in [-0.39, 0.29) is 34.2 Å². The maximum Gasteiger partial charge on any atom is 0.573 e. The number of hydrogen-bond donors (Lipinski definition) is 5. The smallest absolute Gasteiger partial charge is 0.406 e. The minimum atomic E-state index is -4.77. The van der Waals surface area contributed by atoms with Gasteiger partial charge in [-0.15, -0.1) is 26.3 Å². The molecule has 0 aliphatic rings. The fourth-order valence-corrected chi connectivity index (χ4v) is 4.16. The van der Waals surface area contributed by atoms with Crippen LogP contribution in [0, 0.1) is 13.8 Å². The Hall–Kier alpha value is -5.63. The Morgan fingerprint density at radius 1 is 0.692 bits per heavy atom. The molecule has 0 fully saturated rings. The summed E-state index contributed by atoms with van der Waals surface area (Å²) in [7, 11) is 3.98. The topological polar surface area (TPSA) is 168 Å². The lowest BCUT2D eigenvalue weighted by Gasteiger charge is -2.12. The summed E-state index contributed by atoms with van der Waals surface area (Å²) < 4.78 is 80.1. The monoisotopic (exact) mass is 758 g/mol. The number of rotatable bonds is 11. The van der Waals surface area contributed by atoms with Gasteiger partial charge in [0.05, 0.1) is 0 Å². The van der Waals surface area contributed by atoms with Gasteiger partial charge in [-0.05, 0) is 95.5 Å². The first-order chi connectivity index (χ1) is 24.3. The normalized spacial score (nSPS) is 11.2. The van der Waals surface area contributed by atoms with E-state index in [2.05, 4.69) is 60.9 Å². The molecule has 2 aromatic carbocycles. The van der Waals surface area contributed by atoms with Gasteiger partial charge in [0, 0.05) is 35.4 Å². The van der Waals surface area contributed by atoms with Gasteiger partial charge in [0.25, 0.3) is 0 Å². The number of ether oxygens (including phenoxy) is 2. The van der Waals surface area contributed by atoms with Gasteiger partial charge < -0.3 is 30.3 Å². The van der Waals surface area contributed by atoms with E-state index >= 15 is 0 Å². The molecule has 280 valence electrons. The number of anilines is 5. The molecule has 0 aliphatic heterocycles. The Kier molecular flexibility index (Phi) is 14.6. The summed E-state index contributed by atoms with van der Waals surface area (Å²) in [4.78, 5) is 42.1. The first-order valence-electron chi connectivity index (χ1n) is 14.9. The summed E-state index contributed by atoms with van der Waals surface area (Å²) >= 11 is 5.74. The van der Waals surface area contributed by atoms with E-state index in [1.807, 2.05) is 14.1 Å². The van der Waals surface area contributed by atoms with E-state index in [0.29, 0.717) is 23.8 Å². The second kappa shape index (κ2) is 18.6. The van der Waals surface area contributed by atoms with Crippen LogP contribution < -0.4 is 36.1 Å².